The van der Waals surface area contributed by atoms with Crippen molar-refractivity contribution in [1.82, 2.24) is 9.97 Å². The van der Waals surface area contributed by atoms with Crippen LogP contribution in [-0.4, -0.2) is 35.3 Å². The largest absolute Gasteiger partial charge is 0.411 e. The molecule has 0 aliphatic rings. The monoisotopic (exact) mass is 331 g/mol. The lowest BCUT2D eigenvalue weighted by molar-refractivity contribution is -0.174. The Morgan fingerprint density at radius 3 is 2.82 bits per heavy atom. The Morgan fingerprint density at radius 1 is 1.41 bits per heavy atom. The predicted octanol–water partition coefficient (Wildman–Crippen LogP) is 3.03. The van der Waals surface area contributed by atoms with E-state index in [1.54, 1.807) is 25.3 Å². The van der Waals surface area contributed by atoms with Crippen LogP contribution in [0.15, 0.2) is 24.4 Å². The summed E-state index contributed by atoms with van der Waals surface area (Å²) in [6.07, 6.45) is -2.82. The molecular formula is C13H12F3N3O2S. The van der Waals surface area contributed by atoms with Crippen molar-refractivity contribution in [2.75, 3.05) is 18.5 Å². The molecule has 0 fully saturated rings. The summed E-state index contributed by atoms with van der Waals surface area (Å²) in [5, 5.41) is 2.70. The van der Waals surface area contributed by atoms with Gasteiger partial charge in [0.2, 0.25) is 0 Å². The average molecular weight is 331 g/mol. The van der Waals surface area contributed by atoms with Crippen molar-refractivity contribution >= 4 is 22.4 Å². The highest BCUT2D eigenvalue weighted by atomic mass is 32.1. The molecule has 0 aliphatic heterocycles. The van der Waals surface area contributed by atoms with Crippen molar-refractivity contribution < 1.29 is 22.7 Å². The molecule has 0 unspecified atom stereocenters. The molecule has 0 bridgehead atoms. The van der Waals surface area contributed by atoms with E-state index in [1.807, 2.05) is 6.07 Å². The first-order valence-electron chi connectivity index (χ1n) is 6.18. The van der Waals surface area contributed by atoms with Crippen LogP contribution in [0, 0.1) is 6.92 Å². The van der Waals surface area contributed by atoms with Crippen LogP contribution in [0.1, 0.15) is 5.69 Å². The fraction of sp³-hybridized carbons (Fsp3) is 0.308. The maximum atomic E-state index is 11.9. The van der Waals surface area contributed by atoms with Crippen LogP contribution < -0.4 is 5.32 Å². The van der Waals surface area contributed by atoms with Gasteiger partial charge in [-0.15, -0.1) is 0 Å². The molecule has 22 heavy (non-hydrogen) atoms. The number of rotatable bonds is 5. The molecule has 2 rings (SSSR count). The van der Waals surface area contributed by atoms with Gasteiger partial charge in [-0.05, 0) is 19.1 Å². The van der Waals surface area contributed by atoms with Crippen molar-refractivity contribution in [3.8, 4) is 10.6 Å². The minimum absolute atomic E-state index is 0.291. The third kappa shape index (κ3) is 4.78. The maximum Gasteiger partial charge on any atom is 0.411 e. The Hall–Kier alpha value is -2.00. The van der Waals surface area contributed by atoms with Gasteiger partial charge in [-0.2, -0.15) is 13.2 Å². The van der Waals surface area contributed by atoms with Crippen LogP contribution in [-0.2, 0) is 9.53 Å². The Balaban J connectivity index is 1.95. The minimum atomic E-state index is -4.45. The normalized spacial score (nSPS) is 11.5. The molecule has 118 valence electrons. The smallest absolute Gasteiger partial charge is 0.362 e. The summed E-state index contributed by atoms with van der Waals surface area (Å²) in [6.45, 7) is -0.385. The number of carbonyl (C=O) groups excluding carboxylic acids is 1. The van der Waals surface area contributed by atoms with Gasteiger partial charge in [0.15, 0.2) is 5.13 Å². The highest BCUT2D eigenvalue weighted by Gasteiger charge is 2.27. The summed E-state index contributed by atoms with van der Waals surface area (Å²) < 4.78 is 40.0. The number of nitrogens with zero attached hydrogens (tertiary/aromatic N) is 2. The number of halogens is 3. The van der Waals surface area contributed by atoms with Crippen LogP contribution in [0.2, 0.25) is 0 Å². The zero-order valence-electron chi connectivity index (χ0n) is 11.5. The third-order valence-corrected chi connectivity index (χ3v) is 3.53. The fourth-order valence-electron chi connectivity index (χ4n) is 1.60. The number of anilines is 1. The van der Waals surface area contributed by atoms with Crippen molar-refractivity contribution in [3.63, 3.8) is 0 Å². The van der Waals surface area contributed by atoms with Crippen LogP contribution in [0.4, 0.5) is 18.3 Å². The van der Waals surface area contributed by atoms with Crippen molar-refractivity contribution in [2.45, 2.75) is 13.1 Å². The Kier molecular flexibility index (Phi) is 5.09. The van der Waals surface area contributed by atoms with Crippen LogP contribution in [0.25, 0.3) is 10.6 Å². The molecule has 0 saturated heterocycles. The van der Waals surface area contributed by atoms with E-state index in [-0.39, 0.29) is 0 Å². The summed E-state index contributed by atoms with van der Waals surface area (Å²) in [7, 11) is 0. The summed E-state index contributed by atoms with van der Waals surface area (Å²) in [5.41, 5.74) is 1.39. The van der Waals surface area contributed by atoms with Gasteiger partial charge in [0.1, 0.15) is 13.2 Å². The number of hydrogen-bond donors (Lipinski definition) is 1. The lowest BCUT2D eigenvalue weighted by atomic mass is 10.3. The number of carbonyl (C=O) groups is 1. The number of hydrogen-bond acceptors (Lipinski definition) is 5. The van der Waals surface area contributed by atoms with E-state index in [0.717, 1.165) is 4.88 Å². The number of ether oxygens (including phenoxy) is 1. The first kappa shape index (κ1) is 16.4. The predicted molar refractivity (Wildman–Crippen MR) is 75.6 cm³/mol. The SMILES string of the molecule is Cc1nc(NC(=O)COCC(F)(F)F)sc1-c1ccccn1. The van der Waals surface area contributed by atoms with E-state index in [1.165, 1.54) is 11.3 Å². The second-order valence-electron chi connectivity index (χ2n) is 4.30. The van der Waals surface area contributed by atoms with Gasteiger partial charge in [-0.25, -0.2) is 4.98 Å². The zero-order valence-corrected chi connectivity index (χ0v) is 12.3. The molecule has 0 atom stereocenters. The second kappa shape index (κ2) is 6.84. The molecule has 9 heteroatoms. The zero-order chi connectivity index (χ0) is 16.2. The topological polar surface area (TPSA) is 64.1 Å². The first-order chi connectivity index (χ1) is 10.3. The van der Waals surface area contributed by atoms with Crippen LogP contribution in [0.3, 0.4) is 0 Å². The summed E-state index contributed by atoms with van der Waals surface area (Å²) >= 11 is 1.20. The molecular weight excluding hydrogens is 319 g/mol. The summed E-state index contributed by atoms with van der Waals surface area (Å²) in [5.74, 6) is -0.689. The third-order valence-electron chi connectivity index (χ3n) is 2.44. The first-order valence-corrected chi connectivity index (χ1v) is 7.00. The molecule has 2 aromatic heterocycles. The van der Waals surface area contributed by atoms with Gasteiger partial charge in [0, 0.05) is 6.20 Å². The Labute approximate surface area is 128 Å². The molecule has 0 aliphatic carbocycles. The number of aryl methyl sites for hydroxylation is 1. The number of nitrogens with one attached hydrogen (secondary N) is 1. The molecule has 0 spiro atoms. The van der Waals surface area contributed by atoms with Crippen LogP contribution >= 0.6 is 11.3 Å². The molecule has 0 radical (unpaired) electrons. The highest BCUT2D eigenvalue weighted by Crippen LogP contribution is 2.31. The molecule has 2 aromatic rings. The van der Waals surface area contributed by atoms with Crippen molar-refractivity contribution in [1.29, 1.82) is 0 Å². The van der Waals surface area contributed by atoms with Gasteiger partial charge in [-0.3, -0.25) is 15.1 Å². The molecule has 5 nitrogen and oxygen atoms in total. The summed E-state index contributed by atoms with van der Waals surface area (Å²) in [6, 6.07) is 5.41. The van der Waals surface area contributed by atoms with E-state index in [0.29, 0.717) is 16.5 Å². The standard InChI is InChI=1S/C13H12F3N3O2S/c1-8-11(9-4-2-3-5-17-9)22-12(18-8)19-10(20)6-21-7-13(14,15)16/h2-5H,6-7H2,1H3,(H,18,19,20). The molecule has 1 amide bonds. The minimum Gasteiger partial charge on any atom is -0.362 e. The van der Waals surface area contributed by atoms with Gasteiger partial charge in [-0.1, -0.05) is 17.4 Å². The number of alkyl halides is 3. The van der Waals surface area contributed by atoms with E-state index in [4.69, 9.17) is 0 Å². The number of amides is 1. The van der Waals surface area contributed by atoms with Gasteiger partial charge in [0.25, 0.3) is 5.91 Å². The van der Waals surface area contributed by atoms with E-state index in [9.17, 15) is 18.0 Å². The number of aromatic nitrogens is 2. The number of thiazole rings is 1. The second-order valence-corrected chi connectivity index (χ2v) is 5.30. The lowest BCUT2D eigenvalue weighted by Gasteiger charge is -2.06. The van der Waals surface area contributed by atoms with Gasteiger partial charge >= 0.3 is 6.18 Å². The number of pyridine rings is 1. The highest BCUT2D eigenvalue weighted by molar-refractivity contribution is 7.19. The maximum absolute atomic E-state index is 11.9. The van der Waals surface area contributed by atoms with Crippen molar-refractivity contribution in [2.24, 2.45) is 0 Å². The fourth-order valence-corrected chi connectivity index (χ4v) is 2.56. The summed E-state index contributed by atoms with van der Waals surface area (Å²) in [4.78, 5) is 20.6. The van der Waals surface area contributed by atoms with Crippen LogP contribution in [0.5, 0.6) is 0 Å². The van der Waals surface area contributed by atoms with Gasteiger partial charge in [0.05, 0.1) is 16.3 Å². The van der Waals surface area contributed by atoms with Gasteiger partial charge < -0.3 is 4.74 Å². The van der Waals surface area contributed by atoms with Crippen molar-refractivity contribution in [3.05, 3.63) is 30.1 Å². The molecule has 0 aromatic carbocycles. The molecule has 0 saturated carbocycles. The lowest BCUT2D eigenvalue weighted by Crippen LogP contribution is -2.23. The van der Waals surface area contributed by atoms with E-state index < -0.39 is 25.3 Å². The molecule has 1 N–H and O–H groups in total. The average Bonchev–Trinajstić information content (AvgIpc) is 2.79. The van der Waals surface area contributed by atoms with E-state index in [2.05, 4.69) is 20.0 Å². The van der Waals surface area contributed by atoms with E-state index >= 15 is 0 Å². The Morgan fingerprint density at radius 2 is 2.18 bits per heavy atom. The Bertz CT molecular complexity index is 644. The quantitative estimate of drug-likeness (QED) is 0.915. The molecule has 2 heterocycles.